The van der Waals surface area contributed by atoms with E-state index in [1.54, 1.807) is 10.9 Å². The number of aromatic nitrogens is 3. The van der Waals surface area contributed by atoms with E-state index in [-0.39, 0.29) is 23.8 Å². The van der Waals surface area contributed by atoms with Gasteiger partial charge in [0.05, 0.1) is 17.5 Å². The first-order valence-corrected chi connectivity index (χ1v) is 7.54. The predicted molar refractivity (Wildman–Crippen MR) is 74.4 cm³/mol. The molecule has 2 fully saturated rings. The smallest absolute Gasteiger partial charge is 0.157 e. The molecule has 0 bridgehead atoms. The van der Waals surface area contributed by atoms with Crippen molar-refractivity contribution in [3.8, 4) is 0 Å². The van der Waals surface area contributed by atoms with Crippen LogP contribution in [-0.2, 0) is 27.4 Å². The zero-order chi connectivity index (χ0) is 14.7. The molecule has 7 nitrogen and oxygen atoms in total. The summed E-state index contributed by atoms with van der Waals surface area (Å²) in [5, 5.41) is 7.85. The van der Waals surface area contributed by atoms with Crippen molar-refractivity contribution in [1.29, 1.82) is 0 Å². The summed E-state index contributed by atoms with van der Waals surface area (Å²) in [6.07, 6.45) is 5.10. The van der Waals surface area contributed by atoms with E-state index < -0.39 is 0 Å². The van der Waals surface area contributed by atoms with Crippen LogP contribution in [0.25, 0.3) is 0 Å². The summed E-state index contributed by atoms with van der Waals surface area (Å²) in [6, 6.07) is 0. The van der Waals surface area contributed by atoms with Crippen LogP contribution in [-0.4, -0.2) is 46.2 Å². The largest absolute Gasteiger partial charge is 0.381 e. The molecule has 0 amide bonds. The maximum atomic E-state index is 12.5. The summed E-state index contributed by atoms with van der Waals surface area (Å²) in [6.45, 7) is 2.72. The second-order valence-corrected chi connectivity index (χ2v) is 5.91. The lowest BCUT2D eigenvalue weighted by Crippen LogP contribution is -2.46. The highest BCUT2D eigenvalue weighted by atomic mass is 16.5. The van der Waals surface area contributed by atoms with Crippen LogP contribution < -0.4 is 5.73 Å². The minimum absolute atomic E-state index is 0.0439. The lowest BCUT2D eigenvalue weighted by atomic mass is 9.79. The van der Waals surface area contributed by atoms with E-state index in [0.717, 1.165) is 38.9 Å². The minimum Gasteiger partial charge on any atom is -0.381 e. The normalized spacial score (nSPS) is 25.1. The van der Waals surface area contributed by atoms with E-state index in [4.69, 9.17) is 15.2 Å². The molecule has 2 saturated heterocycles. The highest BCUT2D eigenvalue weighted by molar-refractivity contribution is 5.80. The number of carbonyl (C=O) groups excluding carboxylic acids is 1. The molecule has 2 aliphatic heterocycles. The minimum atomic E-state index is -0.151. The first-order chi connectivity index (χ1) is 10.2. The Morgan fingerprint density at radius 1 is 1.43 bits per heavy atom. The van der Waals surface area contributed by atoms with E-state index in [1.807, 2.05) is 0 Å². The number of Topliss-reactive ketones (excluding diaryl/α,β-unsaturated/α-hetero) is 1. The molecule has 21 heavy (non-hydrogen) atoms. The summed E-state index contributed by atoms with van der Waals surface area (Å²) in [7, 11) is 0. The van der Waals surface area contributed by atoms with Crippen LogP contribution in [0.2, 0.25) is 0 Å². The lowest BCUT2D eigenvalue weighted by Gasteiger charge is -2.42. The molecule has 1 atom stereocenters. The van der Waals surface area contributed by atoms with Gasteiger partial charge in [-0.2, -0.15) is 0 Å². The molecule has 1 spiro atoms. The molecule has 7 heteroatoms. The topological polar surface area (TPSA) is 92.3 Å². The van der Waals surface area contributed by atoms with Gasteiger partial charge in [-0.1, -0.05) is 5.21 Å². The molecule has 1 aromatic heterocycles. The van der Waals surface area contributed by atoms with Gasteiger partial charge in [0.2, 0.25) is 0 Å². The quantitative estimate of drug-likeness (QED) is 0.857. The Hall–Kier alpha value is -1.31. The zero-order valence-corrected chi connectivity index (χ0v) is 12.2. The van der Waals surface area contributed by atoms with Crippen LogP contribution in [0.3, 0.4) is 0 Å². The van der Waals surface area contributed by atoms with Crippen LogP contribution in [0, 0.1) is 5.92 Å². The SMILES string of the molecule is NCc1cn(CC(=O)C2CCOC3(CCOCC3)C2)nn1. The van der Waals surface area contributed by atoms with Crippen molar-refractivity contribution in [2.45, 2.75) is 44.4 Å². The number of rotatable bonds is 4. The van der Waals surface area contributed by atoms with Gasteiger partial charge < -0.3 is 15.2 Å². The zero-order valence-electron chi connectivity index (χ0n) is 12.2. The van der Waals surface area contributed by atoms with E-state index in [0.29, 0.717) is 18.8 Å². The summed E-state index contributed by atoms with van der Waals surface area (Å²) >= 11 is 0. The first kappa shape index (κ1) is 14.6. The average molecular weight is 294 g/mol. The predicted octanol–water partition coefficient (Wildman–Crippen LogP) is 0.282. The molecule has 3 heterocycles. The second kappa shape index (κ2) is 6.21. The van der Waals surface area contributed by atoms with Crippen LogP contribution >= 0.6 is 0 Å². The first-order valence-electron chi connectivity index (χ1n) is 7.54. The van der Waals surface area contributed by atoms with Crippen molar-refractivity contribution in [3.63, 3.8) is 0 Å². The van der Waals surface area contributed by atoms with Gasteiger partial charge in [0.15, 0.2) is 5.78 Å². The Kier molecular flexibility index (Phi) is 4.32. The molecule has 2 N–H and O–H groups in total. The summed E-state index contributed by atoms with van der Waals surface area (Å²) in [5.41, 5.74) is 6.05. The molecule has 0 aromatic carbocycles. The van der Waals surface area contributed by atoms with Gasteiger partial charge in [0.25, 0.3) is 0 Å². The van der Waals surface area contributed by atoms with Crippen molar-refractivity contribution in [2.24, 2.45) is 11.7 Å². The monoisotopic (exact) mass is 294 g/mol. The van der Waals surface area contributed by atoms with Crippen LogP contribution in [0.1, 0.15) is 31.4 Å². The third-order valence-corrected chi connectivity index (χ3v) is 4.47. The molecular formula is C14H22N4O3. The van der Waals surface area contributed by atoms with E-state index in [9.17, 15) is 4.79 Å². The van der Waals surface area contributed by atoms with Crippen molar-refractivity contribution >= 4 is 5.78 Å². The van der Waals surface area contributed by atoms with E-state index in [2.05, 4.69) is 10.3 Å². The van der Waals surface area contributed by atoms with Crippen LogP contribution in [0.4, 0.5) is 0 Å². The standard InChI is InChI=1S/C14H22N4O3/c15-8-12-9-18(17-16-12)10-13(19)11-1-4-21-14(7-11)2-5-20-6-3-14/h9,11H,1-8,10,15H2. The Balaban J connectivity index is 1.61. The molecule has 1 unspecified atom stereocenters. The van der Waals surface area contributed by atoms with Crippen molar-refractivity contribution in [3.05, 3.63) is 11.9 Å². The fourth-order valence-electron chi connectivity index (χ4n) is 3.19. The van der Waals surface area contributed by atoms with Crippen LogP contribution in [0.5, 0.6) is 0 Å². The Bertz CT molecular complexity index is 491. The molecule has 1 aromatic rings. The molecule has 116 valence electrons. The highest BCUT2D eigenvalue weighted by Gasteiger charge is 2.41. The van der Waals surface area contributed by atoms with E-state index in [1.165, 1.54) is 0 Å². The van der Waals surface area contributed by atoms with Gasteiger partial charge in [0, 0.05) is 32.3 Å². The number of carbonyl (C=O) groups is 1. The molecule has 0 saturated carbocycles. The van der Waals surface area contributed by atoms with Crippen molar-refractivity contribution in [1.82, 2.24) is 15.0 Å². The fraction of sp³-hybridized carbons (Fsp3) is 0.786. The molecule has 3 rings (SSSR count). The number of hydrogen-bond acceptors (Lipinski definition) is 6. The van der Waals surface area contributed by atoms with Crippen molar-refractivity contribution < 1.29 is 14.3 Å². The molecular weight excluding hydrogens is 272 g/mol. The lowest BCUT2D eigenvalue weighted by molar-refractivity contribution is -0.157. The van der Waals surface area contributed by atoms with E-state index >= 15 is 0 Å². The Labute approximate surface area is 123 Å². The van der Waals surface area contributed by atoms with Gasteiger partial charge in [-0.05, 0) is 25.7 Å². The maximum Gasteiger partial charge on any atom is 0.157 e. The fourth-order valence-corrected chi connectivity index (χ4v) is 3.19. The highest BCUT2D eigenvalue weighted by Crippen LogP contribution is 2.37. The van der Waals surface area contributed by atoms with Gasteiger partial charge in [-0.3, -0.25) is 4.79 Å². The van der Waals surface area contributed by atoms with Crippen molar-refractivity contribution in [2.75, 3.05) is 19.8 Å². The van der Waals surface area contributed by atoms with Gasteiger partial charge in [-0.15, -0.1) is 5.10 Å². The number of hydrogen-bond donors (Lipinski definition) is 1. The number of nitrogens with zero attached hydrogens (tertiary/aromatic N) is 3. The van der Waals surface area contributed by atoms with Gasteiger partial charge in [-0.25, -0.2) is 4.68 Å². The van der Waals surface area contributed by atoms with Gasteiger partial charge in [0.1, 0.15) is 6.54 Å². The average Bonchev–Trinajstić information content (AvgIpc) is 2.96. The summed E-state index contributed by atoms with van der Waals surface area (Å²) in [5.74, 6) is 0.250. The Morgan fingerprint density at radius 3 is 2.95 bits per heavy atom. The Morgan fingerprint density at radius 2 is 2.24 bits per heavy atom. The number of ketones is 1. The second-order valence-electron chi connectivity index (χ2n) is 5.91. The number of ether oxygens (including phenoxy) is 2. The molecule has 2 aliphatic rings. The molecule has 0 aliphatic carbocycles. The third kappa shape index (κ3) is 3.30. The summed E-state index contributed by atoms with van der Waals surface area (Å²) in [4.78, 5) is 12.5. The van der Waals surface area contributed by atoms with Gasteiger partial charge >= 0.3 is 0 Å². The van der Waals surface area contributed by atoms with Crippen LogP contribution in [0.15, 0.2) is 6.20 Å². The molecule has 0 radical (unpaired) electrons. The summed E-state index contributed by atoms with van der Waals surface area (Å²) < 4.78 is 13.0. The number of nitrogens with two attached hydrogens (primary N) is 1. The maximum absolute atomic E-state index is 12.5. The third-order valence-electron chi connectivity index (χ3n) is 4.47.